The first kappa shape index (κ1) is 12.6. The van der Waals surface area contributed by atoms with E-state index in [1.165, 1.54) is 12.1 Å². The third-order valence-electron chi connectivity index (χ3n) is 2.10. The van der Waals surface area contributed by atoms with Crippen LogP contribution in [0.3, 0.4) is 0 Å². The number of hydrogen-bond donors (Lipinski definition) is 0. The normalized spacial score (nSPS) is 13.9. The fourth-order valence-corrected chi connectivity index (χ4v) is 1.56. The van der Waals surface area contributed by atoms with Crippen LogP contribution in [0, 0.1) is 5.92 Å². The van der Waals surface area contributed by atoms with Crippen molar-refractivity contribution in [1.82, 2.24) is 0 Å². The molecule has 0 bridgehead atoms. The summed E-state index contributed by atoms with van der Waals surface area (Å²) in [5.74, 6) is 0.341. The van der Waals surface area contributed by atoms with Gasteiger partial charge in [0.15, 0.2) is 0 Å². The van der Waals surface area contributed by atoms with E-state index in [0.717, 1.165) is 17.0 Å². The Bertz CT molecular complexity index is 320. The molecule has 0 saturated carbocycles. The van der Waals surface area contributed by atoms with Crippen molar-refractivity contribution in [2.75, 3.05) is 5.33 Å². The van der Waals surface area contributed by atoms with E-state index < -0.39 is 11.7 Å². The molecule has 0 aliphatic rings. The molecule has 1 unspecified atom stereocenters. The highest BCUT2D eigenvalue weighted by molar-refractivity contribution is 9.09. The lowest BCUT2D eigenvalue weighted by Crippen LogP contribution is -2.07. The van der Waals surface area contributed by atoms with E-state index in [1.807, 2.05) is 6.92 Å². The Kier molecular flexibility index (Phi) is 4.20. The third kappa shape index (κ3) is 3.86. The van der Waals surface area contributed by atoms with Crippen molar-refractivity contribution in [3.05, 3.63) is 35.4 Å². The smallest absolute Gasteiger partial charge is 0.166 e. The van der Waals surface area contributed by atoms with E-state index in [4.69, 9.17) is 0 Å². The average Bonchev–Trinajstić information content (AvgIpc) is 2.17. The summed E-state index contributed by atoms with van der Waals surface area (Å²) in [6.07, 6.45) is -3.58. The molecule has 0 aliphatic carbocycles. The summed E-state index contributed by atoms with van der Waals surface area (Å²) in [5.41, 5.74) is 0.165. The van der Waals surface area contributed by atoms with Crippen LogP contribution in [0.4, 0.5) is 13.2 Å². The van der Waals surface area contributed by atoms with Crippen molar-refractivity contribution in [2.24, 2.45) is 5.92 Å². The molecule has 0 N–H and O–H groups in total. The minimum absolute atomic E-state index is 0.341. The second-order valence-electron chi connectivity index (χ2n) is 3.66. The molecule has 0 saturated heterocycles. The monoisotopic (exact) mass is 280 g/mol. The Morgan fingerprint density at radius 2 is 2.00 bits per heavy atom. The summed E-state index contributed by atoms with van der Waals surface area (Å²) >= 11 is 3.31. The number of hydrogen-bond acceptors (Lipinski definition) is 0. The van der Waals surface area contributed by atoms with Gasteiger partial charge in [-0.05, 0) is 24.0 Å². The predicted molar refractivity (Wildman–Crippen MR) is 58.1 cm³/mol. The lowest BCUT2D eigenvalue weighted by Gasteiger charge is -2.11. The molecule has 0 aromatic heterocycles. The van der Waals surface area contributed by atoms with Crippen LogP contribution in [-0.4, -0.2) is 5.33 Å². The van der Waals surface area contributed by atoms with Crippen LogP contribution in [0.1, 0.15) is 18.1 Å². The number of alkyl halides is 4. The van der Waals surface area contributed by atoms with Crippen LogP contribution in [0.15, 0.2) is 24.3 Å². The van der Waals surface area contributed by atoms with Crippen molar-refractivity contribution in [1.29, 1.82) is 0 Å². The maximum atomic E-state index is 12.4. The average molecular weight is 281 g/mol. The quantitative estimate of drug-likeness (QED) is 0.725. The highest BCUT2D eigenvalue weighted by atomic mass is 79.9. The van der Waals surface area contributed by atoms with Gasteiger partial charge < -0.3 is 0 Å². The molecule has 15 heavy (non-hydrogen) atoms. The summed E-state index contributed by atoms with van der Waals surface area (Å²) < 4.78 is 37.1. The molecule has 0 spiro atoms. The molecular weight excluding hydrogens is 269 g/mol. The molecule has 0 fully saturated rings. The third-order valence-corrected chi connectivity index (χ3v) is 3.21. The van der Waals surface area contributed by atoms with Crippen LogP contribution in [0.2, 0.25) is 0 Å². The number of halogens is 4. The van der Waals surface area contributed by atoms with Crippen molar-refractivity contribution in [3.8, 4) is 0 Å². The first-order valence-electron chi connectivity index (χ1n) is 4.65. The highest BCUT2D eigenvalue weighted by Gasteiger charge is 2.30. The van der Waals surface area contributed by atoms with Crippen LogP contribution < -0.4 is 0 Å². The van der Waals surface area contributed by atoms with Gasteiger partial charge in [-0.15, -0.1) is 0 Å². The predicted octanol–water partition coefficient (Wildman–Crippen LogP) is 4.28. The molecule has 0 heterocycles. The highest BCUT2D eigenvalue weighted by Crippen LogP contribution is 2.30. The summed E-state index contributed by atoms with van der Waals surface area (Å²) in [5, 5.41) is 0.795. The van der Waals surface area contributed by atoms with Gasteiger partial charge in [0.05, 0.1) is 5.56 Å². The Hall–Kier alpha value is -0.510. The largest absolute Gasteiger partial charge is 0.416 e. The fourth-order valence-electron chi connectivity index (χ4n) is 1.33. The molecule has 0 aliphatic heterocycles. The van der Waals surface area contributed by atoms with Gasteiger partial charge in [-0.25, -0.2) is 0 Å². The van der Waals surface area contributed by atoms with Gasteiger partial charge in [0, 0.05) is 5.33 Å². The van der Waals surface area contributed by atoms with Crippen molar-refractivity contribution in [2.45, 2.75) is 19.5 Å². The van der Waals surface area contributed by atoms with Gasteiger partial charge >= 0.3 is 6.18 Å². The zero-order valence-corrected chi connectivity index (χ0v) is 9.90. The second-order valence-corrected chi connectivity index (χ2v) is 4.31. The lowest BCUT2D eigenvalue weighted by atomic mass is 10.0. The molecule has 1 atom stereocenters. The minimum Gasteiger partial charge on any atom is -0.166 e. The molecule has 1 aromatic rings. The molecule has 0 nitrogen and oxygen atoms in total. The molecule has 0 amide bonds. The standard InChI is InChI=1S/C11H12BrF3/c1-8(7-12)5-9-3-2-4-10(6-9)11(13,14)15/h2-4,6,8H,5,7H2,1H3. The van der Waals surface area contributed by atoms with Gasteiger partial charge in [-0.1, -0.05) is 41.1 Å². The topological polar surface area (TPSA) is 0 Å². The van der Waals surface area contributed by atoms with E-state index in [0.29, 0.717) is 12.3 Å². The summed E-state index contributed by atoms with van der Waals surface area (Å²) in [6, 6.07) is 5.51. The van der Waals surface area contributed by atoms with E-state index in [9.17, 15) is 13.2 Å². The maximum Gasteiger partial charge on any atom is 0.416 e. The van der Waals surface area contributed by atoms with Crippen molar-refractivity contribution >= 4 is 15.9 Å². The second kappa shape index (κ2) is 5.01. The Morgan fingerprint density at radius 3 is 2.53 bits per heavy atom. The Morgan fingerprint density at radius 1 is 1.33 bits per heavy atom. The molecule has 0 radical (unpaired) electrons. The minimum atomic E-state index is -4.24. The molecule has 84 valence electrons. The summed E-state index contributed by atoms with van der Waals surface area (Å²) in [7, 11) is 0. The Balaban J connectivity index is 2.84. The molecular formula is C11H12BrF3. The van der Waals surface area contributed by atoms with Gasteiger partial charge in [-0.2, -0.15) is 13.2 Å². The van der Waals surface area contributed by atoms with Gasteiger partial charge in [0.2, 0.25) is 0 Å². The SMILES string of the molecule is CC(CBr)Cc1cccc(C(F)(F)F)c1. The van der Waals surface area contributed by atoms with Gasteiger partial charge in [0.25, 0.3) is 0 Å². The molecule has 4 heteroatoms. The number of benzene rings is 1. The van der Waals surface area contributed by atoms with Crippen molar-refractivity contribution in [3.63, 3.8) is 0 Å². The zero-order chi connectivity index (χ0) is 11.5. The van der Waals surface area contributed by atoms with E-state index in [-0.39, 0.29) is 0 Å². The van der Waals surface area contributed by atoms with Crippen LogP contribution in [0.5, 0.6) is 0 Å². The first-order chi connectivity index (χ1) is 6.93. The molecule has 1 rings (SSSR count). The van der Waals surface area contributed by atoms with Crippen LogP contribution in [0.25, 0.3) is 0 Å². The summed E-state index contributed by atoms with van der Waals surface area (Å²) in [6.45, 7) is 2.00. The fraction of sp³-hybridized carbons (Fsp3) is 0.455. The first-order valence-corrected chi connectivity index (χ1v) is 5.77. The lowest BCUT2D eigenvalue weighted by molar-refractivity contribution is -0.137. The molecule has 1 aromatic carbocycles. The number of rotatable bonds is 3. The van der Waals surface area contributed by atoms with E-state index in [2.05, 4.69) is 15.9 Å². The maximum absolute atomic E-state index is 12.4. The van der Waals surface area contributed by atoms with Crippen LogP contribution >= 0.6 is 15.9 Å². The Labute approximate surface area is 95.6 Å². The van der Waals surface area contributed by atoms with Gasteiger partial charge in [0.1, 0.15) is 0 Å². The van der Waals surface area contributed by atoms with Crippen LogP contribution in [-0.2, 0) is 12.6 Å². The van der Waals surface area contributed by atoms with Crippen molar-refractivity contribution < 1.29 is 13.2 Å². The zero-order valence-electron chi connectivity index (χ0n) is 8.31. The van der Waals surface area contributed by atoms with Gasteiger partial charge in [-0.3, -0.25) is 0 Å². The van der Waals surface area contributed by atoms with E-state index >= 15 is 0 Å². The van der Waals surface area contributed by atoms with E-state index in [1.54, 1.807) is 6.07 Å². The summed E-state index contributed by atoms with van der Waals surface area (Å²) in [4.78, 5) is 0.